The number of rotatable bonds is 5. The third-order valence-electron chi connectivity index (χ3n) is 4.48. The van der Waals surface area contributed by atoms with Crippen LogP contribution in [0.25, 0.3) is 0 Å². The normalized spacial score (nSPS) is 17.5. The number of nitrogens with zero attached hydrogens (tertiary/aromatic N) is 1. The Kier molecular flexibility index (Phi) is 5.66. The van der Waals surface area contributed by atoms with Crippen LogP contribution in [0.4, 0.5) is 5.69 Å². The van der Waals surface area contributed by atoms with Crippen molar-refractivity contribution in [3.05, 3.63) is 24.3 Å². The SMILES string of the molecule is CC(C)[C@H](C)NC(=O)C[NH+]1CCN(c2ccc(O)cc2)CC1. The smallest absolute Gasteiger partial charge is 0.275 e. The van der Waals surface area contributed by atoms with Gasteiger partial charge in [-0.05, 0) is 37.1 Å². The number of phenols is 1. The minimum Gasteiger partial charge on any atom is -0.508 e. The molecule has 1 aliphatic heterocycles. The highest BCUT2D eigenvalue weighted by atomic mass is 16.3. The maximum atomic E-state index is 12.0. The molecule has 1 atom stereocenters. The first-order valence-corrected chi connectivity index (χ1v) is 8.12. The molecular weight excluding hydrogens is 278 g/mol. The third-order valence-corrected chi connectivity index (χ3v) is 4.48. The van der Waals surface area contributed by atoms with Gasteiger partial charge in [0.25, 0.3) is 5.91 Å². The molecule has 0 radical (unpaired) electrons. The number of anilines is 1. The summed E-state index contributed by atoms with van der Waals surface area (Å²) in [7, 11) is 0. The Morgan fingerprint density at radius 1 is 1.23 bits per heavy atom. The number of piperazine rings is 1. The molecule has 1 fully saturated rings. The van der Waals surface area contributed by atoms with Gasteiger partial charge in [-0.2, -0.15) is 0 Å². The number of amides is 1. The predicted octanol–water partition coefficient (Wildman–Crippen LogP) is 0.258. The van der Waals surface area contributed by atoms with Crippen molar-refractivity contribution in [1.29, 1.82) is 0 Å². The second kappa shape index (κ2) is 7.49. The molecule has 5 heteroatoms. The van der Waals surface area contributed by atoms with E-state index in [4.69, 9.17) is 0 Å². The minimum absolute atomic E-state index is 0.147. The first kappa shape index (κ1) is 16.6. The van der Waals surface area contributed by atoms with Crippen molar-refractivity contribution in [3.63, 3.8) is 0 Å². The molecule has 0 aliphatic carbocycles. The Hall–Kier alpha value is -1.75. The Morgan fingerprint density at radius 2 is 1.82 bits per heavy atom. The highest BCUT2D eigenvalue weighted by Crippen LogP contribution is 2.17. The summed E-state index contributed by atoms with van der Waals surface area (Å²) in [5.41, 5.74) is 1.13. The van der Waals surface area contributed by atoms with Gasteiger partial charge in [0, 0.05) is 11.7 Å². The molecule has 0 aromatic heterocycles. The van der Waals surface area contributed by atoms with E-state index in [2.05, 4.69) is 31.0 Å². The van der Waals surface area contributed by atoms with E-state index < -0.39 is 0 Å². The van der Waals surface area contributed by atoms with Gasteiger partial charge in [0.1, 0.15) is 5.75 Å². The molecule has 0 spiro atoms. The maximum Gasteiger partial charge on any atom is 0.275 e. The molecule has 1 heterocycles. The number of carbonyl (C=O) groups excluding carboxylic acids is 1. The van der Waals surface area contributed by atoms with Crippen LogP contribution in [0.3, 0.4) is 0 Å². The van der Waals surface area contributed by atoms with Crippen LogP contribution in [0.1, 0.15) is 20.8 Å². The fourth-order valence-corrected chi connectivity index (χ4v) is 2.62. The molecule has 22 heavy (non-hydrogen) atoms. The van der Waals surface area contributed by atoms with Gasteiger partial charge in [0.2, 0.25) is 0 Å². The van der Waals surface area contributed by atoms with E-state index in [9.17, 15) is 9.90 Å². The van der Waals surface area contributed by atoms with Gasteiger partial charge in [-0.3, -0.25) is 4.79 Å². The standard InChI is InChI=1S/C17H27N3O2/c1-13(2)14(3)18-17(22)12-19-8-10-20(11-9-19)15-4-6-16(21)7-5-15/h4-7,13-14,21H,8-12H2,1-3H3,(H,18,22)/p+1/t14-/m0/s1. The molecule has 1 aromatic rings. The van der Waals surface area contributed by atoms with Crippen molar-refractivity contribution in [3.8, 4) is 5.75 Å². The summed E-state index contributed by atoms with van der Waals surface area (Å²) in [6.07, 6.45) is 0. The van der Waals surface area contributed by atoms with Crippen molar-refractivity contribution in [2.75, 3.05) is 37.6 Å². The molecular formula is C17H28N3O2+. The van der Waals surface area contributed by atoms with Crippen molar-refractivity contribution in [2.45, 2.75) is 26.8 Å². The van der Waals surface area contributed by atoms with Crippen molar-refractivity contribution < 1.29 is 14.8 Å². The van der Waals surface area contributed by atoms with Crippen LogP contribution in [0.2, 0.25) is 0 Å². The highest BCUT2D eigenvalue weighted by Gasteiger charge is 2.23. The number of carbonyl (C=O) groups is 1. The van der Waals surface area contributed by atoms with E-state index in [0.717, 1.165) is 31.9 Å². The Bertz CT molecular complexity index is 479. The summed E-state index contributed by atoms with van der Waals surface area (Å²) >= 11 is 0. The van der Waals surface area contributed by atoms with E-state index in [1.165, 1.54) is 4.90 Å². The van der Waals surface area contributed by atoms with Gasteiger partial charge >= 0.3 is 0 Å². The molecule has 1 aromatic carbocycles. The van der Waals surface area contributed by atoms with Crippen molar-refractivity contribution >= 4 is 11.6 Å². The lowest BCUT2D eigenvalue weighted by Crippen LogP contribution is -3.16. The van der Waals surface area contributed by atoms with Crippen LogP contribution >= 0.6 is 0 Å². The number of phenolic OH excluding ortho intramolecular Hbond substituents is 1. The lowest BCUT2D eigenvalue weighted by molar-refractivity contribution is -0.892. The van der Waals surface area contributed by atoms with Crippen LogP contribution in [-0.2, 0) is 4.79 Å². The zero-order valence-corrected chi connectivity index (χ0v) is 13.8. The zero-order valence-electron chi connectivity index (χ0n) is 13.8. The fraction of sp³-hybridized carbons (Fsp3) is 0.588. The lowest BCUT2D eigenvalue weighted by Gasteiger charge is -2.33. The molecule has 0 saturated carbocycles. The molecule has 5 nitrogen and oxygen atoms in total. The van der Waals surface area contributed by atoms with Gasteiger partial charge < -0.3 is 20.2 Å². The lowest BCUT2D eigenvalue weighted by atomic mass is 10.1. The molecule has 1 amide bonds. The molecule has 1 aliphatic rings. The van der Waals surface area contributed by atoms with Gasteiger partial charge in [-0.1, -0.05) is 13.8 Å². The predicted molar refractivity (Wildman–Crippen MR) is 88.3 cm³/mol. The monoisotopic (exact) mass is 306 g/mol. The van der Waals surface area contributed by atoms with Gasteiger partial charge in [0.15, 0.2) is 6.54 Å². The van der Waals surface area contributed by atoms with E-state index in [0.29, 0.717) is 18.2 Å². The van der Waals surface area contributed by atoms with Gasteiger partial charge in [-0.25, -0.2) is 0 Å². The maximum absolute atomic E-state index is 12.0. The van der Waals surface area contributed by atoms with E-state index in [1.54, 1.807) is 12.1 Å². The van der Waals surface area contributed by atoms with Crippen molar-refractivity contribution in [1.82, 2.24) is 5.32 Å². The molecule has 122 valence electrons. The number of hydrogen-bond donors (Lipinski definition) is 3. The summed E-state index contributed by atoms with van der Waals surface area (Å²) in [5.74, 6) is 0.906. The molecule has 3 N–H and O–H groups in total. The highest BCUT2D eigenvalue weighted by molar-refractivity contribution is 5.77. The average molecular weight is 306 g/mol. The average Bonchev–Trinajstić information content (AvgIpc) is 2.48. The molecule has 1 saturated heterocycles. The first-order chi connectivity index (χ1) is 10.5. The van der Waals surface area contributed by atoms with Crippen molar-refractivity contribution in [2.24, 2.45) is 5.92 Å². The summed E-state index contributed by atoms with van der Waals surface area (Å²) in [5, 5.41) is 12.4. The summed E-state index contributed by atoms with van der Waals surface area (Å²) in [6.45, 7) is 10.7. The minimum atomic E-state index is 0.147. The zero-order chi connectivity index (χ0) is 16.1. The molecule has 2 rings (SSSR count). The molecule has 0 unspecified atom stereocenters. The first-order valence-electron chi connectivity index (χ1n) is 8.12. The summed E-state index contributed by atoms with van der Waals surface area (Å²) in [4.78, 5) is 15.7. The topological polar surface area (TPSA) is 57.0 Å². The van der Waals surface area contributed by atoms with Crippen LogP contribution in [0.5, 0.6) is 5.75 Å². The largest absolute Gasteiger partial charge is 0.508 e. The number of aromatic hydroxyl groups is 1. The second-order valence-corrected chi connectivity index (χ2v) is 6.53. The Labute approximate surface area is 132 Å². The van der Waals surface area contributed by atoms with Crippen LogP contribution < -0.4 is 15.1 Å². The summed E-state index contributed by atoms with van der Waals surface area (Å²) in [6, 6.07) is 7.55. The molecule has 0 bridgehead atoms. The van der Waals surface area contributed by atoms with Gasteiger partial charge in [-0.15, -0.1) is 0 Å². The van der Waals surface area contributed by atoms with Gasteiger partial charge in [0.05, 0.1) is 26.2 Å². The Morgan fingerprint density at radius 3 is 2.36 bits per heavy atom. The van der Waals surface area contributed by atoms with E-state index in [1.807, 2.05) is 12.1 Å². The Balaban J connectivity index is 1.77. The number of hydrogen-bond acceptors (Lipinski definition) is 3. The van der Waals surface area contributed by atoms with Crippen LogP contribution in [-0.4, -0.2) is 49.8 Å². The van der Waals surface area contributed by atoms with E-state index in [-0.39, 0.29) is 11.9 Å². The quantitative estimate of drug-likeness (QED) is 0.731. The van der Waals surface area contributed by atoms with Crippen LogP contribution in [0, 0.1) is 5.92 Å². The number of nitrogens with one attached hydrogen (secondary N) is 2. The van der Waals surface area contributed by atoms with E-state index >= 15 is 0 Å². The second-order valence-electron chi connectivity index (χ2n) is 6.53. The third kappa shape index (κ3) is 4.63. The fourth-order valence-electron chi connectivity index (χ4n) is 2.62. The summed E-state index contributed by atoms with van der Waals surface area (Å²) < 4.78 is 0. The van der Waals surface area contributed by atoms with Crippen LogP contribution in [0.15, 0.2) is 24.3 Å². The number of quaternary nitrogens is 1. The number of benzene rings is 1.